The van der Waals surface area contributed by atoms with Crippen LogP contribution in [-0.4, -0.2) is 30.4 Å². The van der Waals surface area contributed by atoms with Gasteiger partial charge in [0, 0.05) is 22.2 Å². The van der Waals surface area contributed by atoms with Crippen LogP contribution in [0.1, 0.15) is 35.8 Å². The van der Waals surface area contributed by atoms with Crippen molar-refractivity contribution >= 4 is 29.1 Å². The van der Waals surface area contributed by atoms with Gasteiger partial charge >= 0.3 is 0 Å². The molecule has 128 valence electrons. The Balaban J connectivity index is 2.15. The molecule has 0 aliphatic carbocycles. The van der Waals surface area contributed by atoms with Crippen molar-refractivity contribution in [2.45, 2.75) is 19.9 Å². The van der Waals surface area contributed by atoms with E-state index in [4.69, 9.17) is 23.2 Å². The number of hydrogen-bond donors (Lipinski definition) is 1. The van der Waals surface area contributed by atoms with Crippen molar-refractivity contribution in [3.8, 4) is 0 Å². The maximum absolute atomic E-state index is 12.4. The van der Waals surface area contributed by atoms with E-state index in [2.05, 4.69) is 24.1 Å². The number of benzene rings is 2. The van der Waals surface area contributed by atoms with E-state index in [1.807, 2.05) is 24.3 Å². The van der Waals surface area contributed by atoms with E-state index in [9.17, 15) is 4.79 Å². The number of rotatable bonds is 7. The summed E-state index contributed by atoms with van der Waals surface area (Å²) in [5, 5.41) is 4.34. The third-order valence-electron chi connectivity index (χ3n) is 4.08. The largest absolute Gasteiger partial charge is 0.350 e. The highest BCUT2D eigenvalue weighted by Crippen LogP contribution is 2.27. The van der Waals surface area contributed by atoms with Crippen molar-refractivity contribution in [3.63, 3.8) is 0 Å². The Morgan fingerprint density at radius 3 is 2.25 bits per heavy atom. The van der Waals surface area contributed by atoms with Crippen LogP contribution >= 0.6 is 23.2 Å². The molecule has 5 heteroatoms. The topological polar surface area (TPSA) is 32.3 Å². The molecule has 0 spiro atoms. The zero-order chi connectivity index (χ0) is 17.5. The standard InChI is InChI=1S/C19H22Cl2N2O/c1-3-23(4-2)18(16-7-5-6-8-17(16)21)13-22-19(24)14-9-11-15(20)12-10-14/h5-12,18H,3-4,13H2,1-2H3,(H,22,24). The van der Waals surface area contributed by atoms with Crippen LogP contribution in [0.3, 0.4) is 0 Å². The molecule has 2 rings (SSSR count). The summed E-state index contributed by atoms with van der Waals surface area (Å²) >= 11 is 12.2. The van der Waals surface area contributed by atoms with Gasteiger partial charge in [0.25, 0.3) is 5.91 Å². The molecule has 2 aromatic carbocycles. The van der Waals surface area contributed by atoms with Crippen molar-refractivity contribution in [2.75, 3.05) is 19.6 Å². The van der Waals surface area contributed by atoms with Gasteiger partial charge in [-0.25, -0.2) is 0 Å². The molecule has 0 heterocycles. The molecule has 1 amide bonds. The van der Waals surface area contributed by atoms with Crippen LogP contribution in [0.25, 0.3) is 0 Å². The molecule has 0 saturated carbocycles. The van der Waals surface area contributed by atoms with Crippen LogP contribution in [0, 0.1) is 0 Å². The van der Waals surface area contributed by atoms with Gasteiger partial charge in [-0.15, -0.1) is 0 Å². The number of carbonyl (C=O) groups excluding carboxylic acids is 1. The summed E-state index contributed by atoms with van der Waals surface area (Å²) < 4.78 is 0. The van der Waals surface area contributed by atoms with Crippen LogP contribution in [0.4, 0.5) is 0 Å². The number of halogens is 2. The lowest BCUT2D eigenvalue weighted by Crippen LogP contribution is -2.38. The van der Waals surface area contributed by atoms with Crippen LogP contribution in [-0.2, 0) is 0 Å². The molecule has 0 aromatic heterocycles. The van der Waals surface area contributed by atoms with E-state index >= 15 is 0 Å². The van der Waals surface area contributed by atoms with Gasteiger partial charge in [0.15, 0.2) is 0 Å². The van der Waals surface area contributed by atoms with Crippen LogP contribution in [0.2, 0.25) is 10.0 Å². The van der Waals surface area contributed by atoms with Crippen molar-refractivity contribution in [3.05, 3.63) is 69.7 Å². The Morgan fingerprint density at radius 2 is 1.67 bits per heavy atom. The van der Waals surface area contributed by atoms with Crippen LogP contribution < -0.4 is 5.32 Å². The van der Waals surface area contributed by atoms with Crippen LogP contribution in [0.5, 0.6) is 0 Å². The summed E-state index contributed by atoms with van der Waals surface area (Å²) in [6.07, 6.45) is 0. The minimum atomic E-state index is -0.115. The third kappa shape index (κ3) is 4.73. The SMILES string of the molecule is CCN(CC)C(CNC(=O)c1ccc(Cl)cc1)c1ccccc1Cl. The first-order valence-corrected chi connectivity index (χ1v) is 8.84. The first kappa shape index (κ1) is 18.8. The number of nitrogens with one attached hydrogen (secondary N) is 1. The minimum absolute atomic E-state index is 0.0324. The van der Waals surface area contributed by atoms with Gasteiger partial charge in [0.05, 0.1) is 6.04 Å². The monoisotopic (exact) mass is 364 g/mol. The molecule has 0 bridgehead atoms. The van der Waals surface area contributed by atoms with E-state index in [0.29, 0.717) is 17.1 Å². The van der Waals surface area contributed by atoms with E-state index in [0.717, 1.165) is 23.7 Å². The molecule has 1 unspecified atom stereocenters. The first-order chi connectivity index (χ1) is 11.6. The van der Waals surface area contributed by atoms with Crippen molar-refractivity contribution in [2.24, 2.45) is 0 Å². The molecule has 0 fully saturated rings. The Labute approximate surface area is 153 Å². The lowest BCUT2D eigenvalue weighted by atomic mass is 10.0. The fourth-order valence-corrected chi connectivity index (χ4v) is 3.13. The van der Waals surface area contributed by atoms with Crippen molar-refractivity contribution < 1.29 is 4.79 Å². The Hall–Kier alpha value is -1.55. The van der Waals surface area contributed by atoms with E-state index in [1.54, 1.807) is 24.3 Å². The highest BCUT2D eigenvalue weighted by atomic mass is 35.5. The van der Waals surface area contributed by atoms with Gasteiger partial charge in [-0.1, -0.05) is 55.2 Å². The summed E-state index contributed by atoms with van der Waals surface area (Å²) in [6.45, 7) is 6.46. The Kier molecular flexibility index (Phi) is 7.10. The number of nitrogens with zero attached hydrogens (tertiary/aromatic N) is 1. The molecule has 1 N–H and O–H groups in total. The van der Waals surface area contributed by atoms with Gasteiger partial charge in [-0.2, -0.15) is 0 Å². The van der Waals surface area contributed by atoms with E-state index in [1.165, 1.54) is 0 Å². The van der Waals surface area contributed by atoms with Gasteiger partial charge in [0.2, 0.25) is 0 Å². The normalized spacial score (nSPS) is 12.2. The lowest BCUT2D eigenvalue weighted by molar-refractivity contribution is 0.0935. The summed E-state index contributed by atoms with van der Waals surface area (Å²) in [6, 6.07) is 14.7. The van der Waals surface area contributed by atoms with E-state index in [-0.39, 0.29) is 11.9 Å². The Morgan fingerprint density at radius 1 is 1.04 bits per heavy atom. The molecule has 0 aliphatic heterocycles. The van der Waals surface area contributed by atoms with Crippen LogP contribution in [0.15, 0.2) is 48.5 Å². The molecule has 3 nitrogen and oxygen atoms in total. The highest BCUT2D eigenvalue weighted by molar-refractivity contribution is 6.31. The van der Waals surface area contributed by atoms with Gasteiger partial charge in [0.1, 0.15) is 0 Å². The van der Waals surface area contributed by atoms with Gasteiger partial charge < -0.3 is 5.32 Å². The number of carbonyl (C=O) groups is 1. The average molecular weight is 365 g/mol. The number of likely N-dealkylation sites (N-methyl/N-ethyl adjacent to an activating group) is 1. The summed E-state index contributed by atoms with van der Waals surface area (Å²) in [5.41, 5.74) is 1.62. The van der Waals surface area contributed by atoms with E-state index < -0.39 is 0 Å². The summed E-state index contributed by atoms with van der Waals surface area (Å²) in [4.78, 5) is 14.7. The zero-order valence-corrected chi connectivity index (χ0v) is 15.4. The minimum Gasteiger partial charge on any atom is -0.350 e. The predicted octanol–water partition coefficient (Wildman–Crippen LogP) is 4.81. The first-order valence-electron chi connectivity index (χ1n) is 8.09. The maximum atomic E-state index is 12.4. The van der Waals surface area contributed by atoms with Gasteiger partial charge in [-0.3, -0.25) is 9.69 Å². The van der Waals surface area contributed by atoms with Gasteiger partial charge in [-0.05, 0) is 49.0 Å². The van der Waals surface area contributed by atoms with Crippen molar-refractivity contribution in [1.29, 1.82) is 0 Å². The molecule has 24 heavy (non-hydrogen) atoms. The number of amides is 1. The predicted molar refractivity (Wildman–Crippen MR) is 101 cm³/mol. The summed E-state index contributed by atoms with van der Waals surface area (Å²) in [7, 11) is 0. The summed E-state index contributed by atoms with van der Waals surface area (Å²) in [5.74, 6) is -0.115. The highest BCUT2D eigenvalue weighted by Gasteiger charge is 2.21. The smallest absolute Gasteiger partial charge is 0.251 e. The number of hydrogen-bond acceptors (Lipinski definition) is 2. The molecule has 1 atom stereocenters. The maximum Gasteiger partial charge on any atom is 0.251 e. The molecular formula is C19H22Cl2N2O. The second-order valence-electron chi connectivity index (χ2n) is 5.48. The molecule has 0 radical (unpaired) electrons. The molecule has 0 saturated heterocycles. The average Bonchev–Trinajstić information content (AvgIpc) is 2.60. The fraction of sp³-hybridized carbons (Fsp3) is 0.316. The molecular weight excluding hydrogens is 343 g/mol. The zero-order valence-electron chi connectivity index (χ0n) is 13.9. The quantitative estimate of drug-likeness (QED) is 0.764. The molecule has 2 aromatic rings. The fourth-order valence-electron chi connectivity index (χ4n) is 2.74. The second-order valence-corrected chi connectivity index (χ2v) is 6.32. The second kappa shape index (κ2) is 9.07. The molecule has 0 aliphatic rings. The van der Waals surface area contributed by atoms with Crippen molar-refractivity contribution in [1.82, 2.24) is 10.2 Å². The lowest BCUT2D eigenvalue weighted by Gasteiger charge is -2.31. The third-order valence-corrected chi connectivity index (χ3v) is 4.68. The Bertz CT molecular complexity index is 669.